The van der Waals surface area contributed by atoms with Gasteiger partial charge in [-0.3, -0.25) is 4.79 Å². The Morgan fingerprint density at radius 2 is 2.25 bits per heavy atom. The van der Waals surface area contributed by atoms with E-state index in [0.717, 1.165) is 0 Å². The van der Waals surface area contributed by atoms with E-state index in [1.165, 1.54) is 6.07 Å². The molecule has 1 aromatic rings. The Bertz CT molecular complexity index is 418. The van der Waals surface area contributed by atoms with E-state index in [0.29, 0.717) is 17.5 Å². The number of nitrogens with zero attached hydrogens (tertiary/aromatic N) is 1. The number of nitrogens with one attached hydrogen (secondary N) is 1. The van der Waals surface area contributed by atoms with Crippen LogP contribution in [0.2, 0.25) is 0 Å². The van der Waals surface area contributed by atoms with Gasteiger partial charge in [-0.05, 0) is 6.92 Å². The Morgan fingerprint density at radius 3 is 2.75 bits per heavy atom. The normalized spacial score (nSPS) is 13.8. The zero-order valence-electron chi connectivity index (χ0n) is 8.21. The second-order valence-electron chi connectivity index (χ2n) is 3.06. The molecule has 0 radical (unpaired) electrons. The minimum Gasteiger partial charge on any atom is -0.383 e. The molecule has 90 valence electrons. The Hall–Kier alpha value is -1.02. The lowest BCUT2D eigenvalue weighted by Crippen LogP contribution is -2.30. The molecule has 0 aliphatic heterocycles. The summed E-state index contributed by atoms with van der Waals surface area (Å²) in [5.41, 5.74) is -0.0238. The number of aliphatic hydroxyl groups excluding tert-OH is 1. The average molecular weight is 254 g/mol. The Kier molecular flexibility index (Phi) is 3.98. The lowest BCUT2D eigenvalue weighted by Gasteiger charge is -2.13. The summed E-state index contributed by atoms with van der Waals surface area (Å²) in [4.78, 5) is 17.0. The van der Waals surface area contributed by atoms with Crippen LogP contribution in [0.15, 0.2) is 16.0 Å². The largest absolute Gasteiger partial charge is 0.415 e. The highest BCUT2D eigenvalue weighted by Gasteiger charge is 2.38. The number of aromatic amines is 1. The van der Waals surface area contributed by atoms with E-state index >= 15 is 0 Å². The minimum atomic E-state index is -4.66. The van der Waals surface area contributed by atoms with Gasteiger partial charge >= 0.3 is 6.18 Å². The maximum Gasteiger partial charge on any atom is 0.415 e. The monoisotopic (exact) mass is 254 g/mol. The topological polar surface area (TPSA) is 66.0 Å². The van der Waals surface area contributed by atoms with Crippen molar-refractivity contribution in [1.82, 2.24) is 9.97 Å². The molecule has 16 heavy (non-hydrogen) atoms. The van der Waals surface area contributed by atoms with Crippen LogP contribution in [-0.2, 0) is 0 Å². The second kappa shape index (κ2) is 4.88. The van der Waals surface area contributed by atoms with Gasteiger partial charge in [0.1, 0.15) is 0 Å². The van der Waals surface area contributed by atoms with Gasteiger partial charge in [-0.2, -0.15) is 13.2 Å². The number of halogens is 3. The van der Waals surface area contributed by atoms with Gasteiger partial charge in [0.2, 0.25) is 0 Å². The van der Waals surface area contributed by atoms with Crippen molar-refractivity contribution in [1.29, 1.82) is 0 Å². The molecule has 0 aromatic carbocycles. The van der Waals surface area contributed by atoms with Gasteiger partial charge in [0.05, 0.1) is 0 Å². The van der Waals surface area contributed by atoms with Crippen molar-refractivity contribution in [3.63, 3.8) is 0 Å². The van der Waals surface area contributed by atoms with Gasteiger partial charge in [0.25, 0.3) is 5.56 Å². The van der Waals surface area contributed by atoms with E-state index < -0.39 is 23.6 Å². The number of aryl methyl sites for hydroxylation is 1. The van der Waals surface area contributed by atoms with Crippen LogP contribution in [0.25, 0.3) is 0 Å². The van der Waals surface area contributed by atoms with Gasteiger partial charge in [-0.25, -0.2) is 4.98 Å². The molecule has 0 aliphatic carbocycles. The summed E-state index contributed by atoms with van der Waals surface area (Å²) in [5.74, 6) is -0.601. The standard InChI is InChI=1S/C8H9F3N2O2S/c1-4-2-6(15)13-7(12-4)16-3-5(14)8(9,10)11/h2,5,14H,3H2,1H3,(H,12,13,15). The van der Waals surface area contributed by atoms with Gasteiger partial charge in [-0.1, -0.05) is 11.8 Å². The molecule has 8 heteroatoms. The summed E-state index contributed by atoms with van der Waals surface area (Å²) < 4.78 is 35.9. The number of aromatic nitrogens is 2. The van der Waals surface area contributed by atoms with E-state index in [4.69, 9.17) is 5.11 Å². The fraction of sp³-hybridized carbons (Fsp3) is 0.500. The molecule has 0 bridgehead atoms. The third-order valence-corrected chi connectivity index (χ3v) is 2.55. The molecule has 0 aliphatic rings. The van der Waals surface area contributed by atoms with Crippen LogP contribution in [0.5, 0.6) is 0 Å². The Morgan fingerprint density at radius 1 is 1.62 bits per heavy atom. The number of hydrogen-bond acceptors (Lipinski definition) is 4. The molecule has 1 aromatic heterocycles. The van der Waals surface area contributed by atoms with E-state index in [-0.39, 0.29) is 5.16 Å². The number of alkyl halides is 3. The molecule has 2 N–H and O–H groups in total. The van der Waals surface area contributed by atoms with Crippen molar-refractivity contribution in [3.8, 4) is 0 Å². The molecule has 0 saturated carbocycles. The molecule has 1 heterocycles. The molecule has 0 fully saturated rings. The predicted octanol–water partition coefficient (Wildman–Crippen LogP) is 1.09. The lowest BCUT2D eigenvalue weighted by atomic mass is 10.4. The van der Waals surface area contributed by atoms with E-state index in [1.54, 1.807) is 6.92 Å². The maximum atomic E-state index is 12.0. The van der Waals surface area contributed by atoms with E-state index in [9.17, 15) is 18.0 Å². The molecule has 0 spiro atoms. The van der Waals surface area contributed by atoms with Crippen molar-refractivity contribution in [3.05, 3.63) is 22.1 Å². The van der Waals surface area contributed by atoms with Gasteiger partial charge in [-0.15, -0.1) is 0 Å². The zero-order chi connectivity index (χ0) is 12.3. The van der Waals surface area contributed by atoms with E-state index in [1.807, 2.05) is 0 Å². The number of thioether (sulfide) groups is 1. The quantitative estimate of drug-likeness (QED) is 0.626. The molecule has 0 saturated heterocycles. The van der Waals surface area contributed by atoms with Crippen LogP contribution in [0.4, 0.5) is 13.2 Å². The Labute approximate surface area is 92.9 Å². The summed E-state index contributed by atoms with van der Waals surface area (Å²) in [6.07, 6.45) is -7.08. The highest BCUT2D eigenvalue weighted by molar-refractivity contribution is 7.99. The number of H-pyrrole nitrogens is 1. The predicted molar refractivity (Wildman–Crippen MR) is 52.4 cm³/mol. The second-order valence-corrected chi connectivity index (χ2v) is 4.07. The highest BCUT2D eigenvalue weighted by atomic mass is 32.2. The van der Waals surface area contributed by atoms with Crippen LogP contribution < -0.4 is 5.56 Å². The third kappa shape index (κ3) is 3.86. The van der Waals surface area contributed by atoms with Crippen molar-refractivity contribution in [2.45, 2.75) is 24.4 Å². The molecular formula is C8H9F3N2O2S. The summed E-state index contributed by atoms with van der Waals surface area (Å²) >= 11 is 0.647. The number of rotatable bonds is 3. The van der Waals surface area contributed by atoms with Crippen LogP contribution in [0.1, 0.15) is 5.69 Å². The minimum absolute atomic E-state index is 0.0632. The van der Waals surface area contributed by atoms with Gasteiger partial charge < -0.3 is 10.1 Å². The first-order valence-corrected chi connectivity index (χ1v) is 5.23. The van der Waals surface area contributed by atoms with Crippen LogP contribution in [0, 0.1) is 6.92 Å². The zero-order valence-corrected chi connectivity index (χ0v) is 9.02. The molecule has 1 rings (SSSR count). The Balaban J connectivity index is 2.65. The number of hydrogen-bond donors (Lipinski definition) is 2. The average Bonchev–Trinajstić information content (AvgIpc) is 2.11. The van der Waals surface area contributed by atoms with Crippen LogP contribution in [0.3, 0.4) is 0 Å². The maximum absolute atomic E-state index is 12.0. The third-order valence-electron chi connectivity index (χ3n) is 1.60. The lowest BCUT2D eigenvalue weighted by molar-refractivity contribution is -0.195. The first-order chi connectivity index (χ1) is 7.29. The van der Waals surface area contributed by atoms with Gasteiger partial charge in [0, 0.05) is 17.5 Å². The smallest absolute Gasteiger partial charge is 0.383 e. The van der Waals surface area contributed by atoms with Crippen molar-refractivity contribution in [2.75, 3.05) is 5.75 Å². The number of aliphatic hydroxyl groups is 1. The van der Waals surface area contributed by atoms with Crippen molar-refractivity contribution >= 4 is 11.8 Å². The molecule has 0 amide bonds. The van der Waals surface area contributed by atoms with Crippen LogP contribution >= 0.6 is 11.8 Å². The first kappa shape index (κ1) is 13.0. The summed E-state index contributed by atoms with van der Waals surface area (Å²) in [5, 5.41) is 8.78. The van der Waals surface area contributed by atoms with Crippen molar-refractivity contribution < 1.29 is 18.3 Å². The van der Waals surface area contributed by atoms with Crippen LogP contribution in [-0.4, -0.2) is 33.1 Å². The fourth-order valence-electron chi connectivity index (χ4n) is 0.872. The SMILES string of the molecule is Cc1cc(=O)[nH]c(SCC(O)C(F)(F)F)n1. The van der Waals surface area contributed by atoms with Crippen molar-refractivity contribution in [2.24, 2.45) is 0 Å². The highest BCUT2D eigenvalue weighted by Crippen LogP contribution is 2.24. The molecule has 4 nitrogen and oxygen atoms in total. The summed E-state index contributed by atoms with van der Waals surface area (Å²) in [6, 6.07) is 1.23. The molecular weight excluding hydrogens is 245 g/mol. The molecule has 1 unspecified atom stereocenters. The summed E-state index contributed by atoms with van der Waals surface area (Å²) in [7, 11) is 0. The van der Waals surface area contributed by atoms with E-state index in [2.05, 4.69) is 9.97 Å². The first-order valence-electron chi connectivity index (χ1n) is 4.24. The summed E-state index contributed by atoms with van der Waals surface area (Å²) in [6.45, 7) is 1.56. The van der Waals surface area contributed by atoms with Gasteiger partial charge in [0.15, 0.2) is 11.3 Å². The molecule has 1 atom stereocenters. The fourth-order valence-corrected chi connectivity index (χ4v) is 1.76.